The lowest BCUT2D eigenvalue weighted by Gasteiger charge is -2.26. The van der Waals surface area contributed by atoms with Crippen molar-refractivity contribution in [1.82, 2.24) is 30.1 Å². The number of nitrogens with one attached hydrogen (secondary N) is 3. The highest BCUT2D eigenvalue weighted by atomic mass is 35.5. The van der Waals surface area contributed by atoms with E-state index in [2.05, 4.69) is 26.9 Å². The first kappa shape index (κ1) is 34.6. The summed E-state index contributed by atoms with van der Waals surface area (Å²) in [4.78, 5) is 48.4. The number of fused-ring (bicyclic) bond motifs is 1. The van der Waals surface area contributed by atoms with Crippen LogP contribution in [-0.2, 0) is 24.4 Å². The molecule has 47 heavy (non-hydrogen) atoms. The maximum Gasteiger partial charge on any atom is 0.259 e. The van der Waals surface area contributed by atoms with Crippen LogP contribution in [0.1, 0.15) is 38.5 Å². The first-order valence-corrected chi connectivity index (χ1v) is 17.7. The van der Waals surface area contributed by atoms with Crippen molar-refractivity contribution >= 4 is 67.4 Å². The highest BCUT2D eigenvalue weighted by Crippen LogP contribution is 2.45. The fraction of sp³-hybridized carbons (Fsp3) is 0.516. The molecule has 0 radical (unpaired) electrons. The Bertz CT molecular complexity index is 1700. The number of methoxy groups -OCH3 is 1. The molecule has 3 aliphatic rings. The summed E-state index contributed by atoms with van der Waals surface area (Å²) in [5.41, 5.74) is -1.48. The lowest BCUT2D eigenvalue weighted by Crippen LogP contribution is -2.56. The van der Waals surface area contributed by atoms with Crippen molar-refractivity contribution in [3.63, 3.8) is 0 Å². The molecule has 0 unspecified atom stereocenters. The Hall–Kier alpha value is -3.69. The van der Waals surface area contributed by atoms with E-state index in [1.165, 1.54) is 24.3 Å². The molecule has 1 aromatic carbocycles. The molecule has 3 N–H and O–H groups in total. The van der Waals surface area contributed by atoms with Gasteiger partial charge in [0.25, 0.3) is 5.91 Å². The first-order chi connectivity index (χ1) is 22.3. The van der Waals surface area contributed by atoms with Gasteiger partial charge in [0.1, 0.15) is 23.4 Å². The molecule has 3 amide bonds. The number of hydrogen-bond donors (Lipinski definition) is 3. The monoisotopic (exact) mass is 706 g/mol. The number of ether oxygens (including phenoxy) is 2. The molecule has 3 fully saturated rings. The van der Waals surface area contributed by atoms with Crippen molar-refractivity contribution < 1.29 is 32.3 Å². The molecular formula is C31H39ClN6O7S2. The third-order valence-corrected chi connectivity index (χ3v) is 11.2. The van der Waals surface area contributed by atoms with E-state index in [-0.39, 0.29) is 37.6 Å². The van der Waals surface area contributed by atoms with E-state index < -0.39 is 50.7 Å². The van der Waals surface area contributed by atoms with Crippen molar-refractivity contribution in [3.05, 3.63) is 42.1 Å². The number of carbonyl (C=O) groups excluding carboxylic acids is 3. The van der Waals surface area contributed by atoms with Gasteiger partial charge in [-0.15, -0.1) is 6.58 Å². The number of pyridine rings is 1. The highest BCUT2D eigenvalue weighted by Gasteiger charge is 2.61. The summed E-state index contributed by atoms with van der Waals surface area (Å²) in [5, 5.41) is 7.59. The largest absolute Gasteiger partial charge is 0.494 e. The fourth-order valence-electron chi connectivity index (χ4n) is 5.74. The number of aromatic nitrogens is 1. The molecule has 2 aliphatic carbocycles. The minimum absolute atomic E-state index is 0.0797. The van der Waals surface area contributed by atoms with E-state index in [1.807, 2.05) is 14.1 Å². The molecule has 0 bridgehead atoms. The topological polar surface area (TPSA) is 159 Å². The van der Waals surface area contributed by atoms with Gasteiger partial charge in [-0.2, -0.15) is 0 Å². The number of thiocarbonyl (C=S) groups is 1. The summed E-state index contributed by atoms with van der Waals surface area (Å²) in [6.45, 7) is 4.28. The van der Waals surface area contributed by atoms with Crippen LogP contribution in [-0.4, -0.2) is 103 Å². The molecule has 13 nitrogen and oxygen atoms in total. The molecule has 254 valence electrons. The first-order valence-electron chi connectivity index (χ1n) is 15.3. The smallest absolute Gasteiger partial charge is 0.259 e. The number of halogens is 1. The number of carbonyl (C=O) groups is 3. The van der Waals surface area contributed by atoms with Gasteiger partial charge in [0.05, 0.1) is 25.1 Å². The van der Waals surface area contributed by atoms with Gasteiger partial charge in [-0.1, -0.05) is 17.7 Å². The average molecular weight is 707 g/mol. The summed E-state index contributed by atoms with van der Waals surface area (Å²) in [6, 6.07) is 4.23. The van der Waals surface area contributed by atoms with Crippen LogP contribution in [0.25, 0.3) is 10.8 Å². The number of likely N-dealkylation sites (tertiary alicyclic amines) is 1. The third-order valence-electron chi connectivity index (χ3n) is 8.66. The second kappa shape index (κ2) is 13.8. The summed E-state index contributed by atoms with van der Waals surface area (Å²) < 4.78 is 39.0. The van der Waals surface area contributed by atoms with Crippen LogP contribution in [0.3, 0.4) is 0 Å². The van der Waals surface area contributed by atoms with Crippen LogP contribution in [0.5, 0.6) is 11.6 Å². The van der Waals surface area contributed by atoms with Crippen molar-refractivity contribution in [2.75, 3.05) is 34.3 Å². The van der Waals surface area contributed by atoms with Crippen LogP contribution in [0.15, 0.2) is 37.1 Å². The molecule has 1 saturated heterocycles. The SMILES string of the molecule is C=C[C@@H]1C[C@]1(NC(=O)[C@@H]1C[C@@H](Oc2ncc(OC)c3ccc(Cl)cc23)CN1C(=O)CCCNC(=S)N(C)C)C(=O)NS(=O)(=O)C1CC1. The predicted molar refractivity (Wildman–Crippen MR) is 181 cm³/mol. The second-order valence-electron chi connectivity index (χ2n) is 12.3. The number of hydrogen-bond acceptors (Lipinski definition) is 9. The number of nitrogens with zero attached hydrogens (tertiary/aromatic N) is 3. The zero-order valence-corrected chi connectivity index (χ0v) is 28.8. The van der Waals surface area contributed by atoms with Gasteiger partial charge in [0.2, 0.25) is 27.7 Å². The standard InChI is InChI=1S/C31H39ClN6O7S2/c1-5-18-15-31(18,29(41)36-47(42,43)21-9-10-21)35-27(40)24-14-20(17-38(24)26(39)7-6-12-33-30(46)37(2)3)45-28-23-13-19(32)8-11-22(23)25(44-4)16-34-28/h5,8,11,13,16,18,20-21,24H,1,6-7,9-10,12,14-15,17H2,2-4H3,(H,33,46)(H,35,40)(H,36,41)/t18-,20-,24+,31-/m1/s1. The van der Waals surface area contributed by atoms with Gasteiger partial charge in [-0.3, -0.25) is 19.1 Å². The van der Waals surface area contributed by atoms with E-state index in [9.17, 15) is 22.8 Å². The molecule has 16 heteroatoms. The van der Waals surface area contributed by atoms with Crippen LogP contribution >= 0.6 is 23.8 Å². The Balaban J connectivity index is 1.35. The van der Waals surface area contributed by atoms with Gasteiger partial charge in [0, 0.05) is 55.2 Å². The Labute approximate surface area is 284 Å². The minimum atomic E-state index is -3.85. The van der Waals surface area contributed by atoms with Gasteiger partial charge in [-0.25, -0.2) is 13.4 Å². The highest BCUT2D eigenvalue weighted by molar-refractivity contribution is 7.91. The molecule has 2 aromatic rings. The molecule has 5 rings (SSSR count). The van der Waals surface area contributed by atoms with E-state index in [0.29, 0.717) is 47.1 Å². The summed E-state index contributed by atoms with van der Waals surface area (Å²) in [6.07, 6.45) is 4.25. The molecular weight excluding hydrogens is 668 g/mol. The van der Waals surface area contributed by atoms with Crippen molar-refractivity contribution in [3.8, 4) is 11.6 Å². The minimum Gasteiger partial charge on any atom is -0.494 e. The summed E-state index contributed by atoms with van der Waals surface area (Å²) in [5.74, 6) is -1.35. The number of amides is 3. The molecule has 4 atom stereocenters. The second-order valence-corrected chi connectivity index (χ2v) is 15.1. The molecule has 0 spiro atoms. The molecule has 2 saturated carbocycles. The summed E-state index contributed by atoms with van der Waals surface area (Å²) in [7, 11) is 1.31. The Morgan fingerprint density at radius 2 is 2.00 bits per heavy atom. The van der Waals surface area contributed by atoms with Crippen LogP contribution < -0.4 is 24.8 Å². The van der Waals surface area contributed by atoms with Crippen molar-refractivity contribution in [1.29, 1.82) is 0 Å². The predicted octanol–water partition coefficient (Wildman–Crippen LogP) is 2.13. The van der Waals surface area contributed by atoms with Gasteiger partial charge in [-0.05, 0) is 56.1 Å². The van der Waals surface area contributed by atoms with Gasteiger partial charge >= 0.3 is 0 Å². The molecule has 1 aromatic heterocycles. The van der Waals surface area contributed by atoms with Gasteiger partial charge in [0.15, 0.2) is 5.11 Å². The normalized spacial score (nSPS) is 23.5. The van der Waals surface area contributed by atoms with E-state index in [0.717, 1.165) is 5.39 Å². The van der Waals surface area contributed by atoms with E-state index >= 15 is 0 Å². The summed E-state index contributed by atoms with van der Waals surface area (Å²) >= 11 is 11.5. The molecule has 1 aliphatic heterocycles. The van der Waals surface area contributed by atoms with E-state index in [4.69, 9.17) is 33.3 Å². The Morgan fingerprint density at radius 1 is 1.26 bits per heavy atom. The van der Waals surface area contributed by atoms with Crippen LogP contribution in [0.2, 0.25) is 5.02 Å². The lowest BCUT2D eigenvalue weighted by molar-refractivity contribution is -0.139. The lowest BCUT2D eigenvalue weighted by atomic mass is 10.1. The molecule has 2 heterocycles. The average Bonchev–Trinajstić information content (AvgIpc) is 3.96. The number of rotatable bonds is 13. The van der Waals surface area contributed by atoms with Crippen LogP contribution in [0.4, 0.5) is 0 Å². The zero-order valence-electron chi connectivity index (χ0n) is 26.5. The van der Waals surface area contributed by atoms with Crippen molar-refractivity contribution in [2.24, 2.45) is 5.92 Å². The maximum atomic E-state index is 13.9. The number of benzene rings is 1. The third kappa shape index (κ3) is 7.57. The fourth-order valence-corrected chi connectivity index (χ4v) is 7.38. The Morgan fingerprint density at radius 3 is 2.64 bits per heavy atom. The maximum absolute atomic E-state index is 13.9. The van der Waals surface area contributed by atoms with E-state index in [1.54, 1.807) is 23.1 Å². The quantitative estimate of drug-likeness (QED) is 0.159. The zero-order chi connectivity index (χ0) is 34.1. The van der Waals surface area contributed by atoms with Crippen molar-refractivity contribution in [2.45, 2.75) is 61.5 Å². The number of sulfonamides is 1. The van der Waals surface area contributed by atoms with Gasteiger partial charge < -0.3 is 29.9 Å². The Kier molecular flexibility index (Phi) is 10.2. The van der Waals surface area contributed by atoms with Crippen LogP contribution in [0, 0.1) is 5.92 Å².